The predicted molar refractivity (Wildman–Crippen MR) is 191 cm³/mol. The molecule has 1 aromatic heterocycles. The van der Waals surface area contributed by atoms with Crippen LogP contribution < -0.4 is 5.32 Å². The Balaban J connectivity index is 1.42. The number of ether oxygens (including phenoxy) is 4. The standard InChI is InChI=1S/C40H63N3O8/c1-24(44)49-30-21-32-37(6)16-14-33(50-25(2)45)36(4,5)31(37)13-18-38(32,7)39(8)17-12-28(34(30)39)40(9,51-26(3)46)15-11-19-42-29(35(47)48-10)20-27-22-41-23-43-27/h22-23,28-34,42H,11-21H2,1-10H3,(H,41,43)/t28?,29-,30?,31?,32?,33-,34-,37-,38+,39+,40?/m0/s1. The zero-order valence-corrected chi connectivity index (χ0v) is 32.7. The number of methoxy groups -OCH3 is 1. The van der Waals surface area contributed by atoms with Gasteiger partial charge in [0.15, 0.2) is 0 Å². The molecule has 5 rings (SSSR count). The van der Waals surface area contributed by atoms with Gasteiger partial charge < -0.3 is 29.2 Å². The van der Waals surface area contributed by atoms with Crippen LogP contribution in [0.5, 0.6) is 0 Å². The summed E-state index contributed by atoms with van der Waals surface area (Å²) in [5.74, 6) is -0.527. The van der Waals surface area contributed by atoms with Crippen molar-refractivity contribution in [3.8, 4) is 0 Å². The van der Waals surface area contributed by atoms with Gasteiger partial charge in [-0.3, -0.25) is 19.2 Å². The van der Waals surface area contributed by atoms with Crippen LogP contribution in [-0.2, 0) is 44.5 Å². The minimum atomic E-state index is -0.800. The third kappa shape index (κ3) is 7.09. The smallest absolute Gasteiger partial charge is 0.323 e. The molecule has 0 aliphatic heterocycles. The first-order chi connectivity index (χ1) is 23.8. The van der Waals surface area contributed by atoms with E-state index in [2.05, 4.69) is 56.8 Å². The number of carbonyl (C=O) groups is 4. The molecule has 0 radical (unpaired) electrons. The molecule has 4 fully saturated rings. The van der Waals surface area contributed by atoms with Crippen LogP contribution in [0.3, 0.4) is 0 Å². The summed E-state index contributed by atoms with van der Waals surface area (Å²) in [7, 11) is 1.38. The highest BCUT2D eigenvalue weighted by molar-refractivity contribution is 5.76. The normalized spacial score (nSPS) is 37.1. The second-order valence-corrected chi connectivity index (χ2v) is 17.8. The van der Waals surface area contributed by atoms with E-state index < -0.39 is 11.6 Å². The molecule has 0 spiro atoms. The van der Waals surface area contributed by atoms with E-state index in [4.69, 9.17) is 18.9 Å². The molecule has 1 heterocycles. The third-order valence-electron chi connectivity index (χ3n) is 14.8. The molecule has 4 aliphatic carbocycles. The van der Waals surface area contributed by atoms with Gasteiger partial charge in [0.05, 0.1) is 19.1 Å². The van der Waals surface area contributed by atoms with Gasteiger partial charge in [-0.1, -0.05) is 34.6 Å². The molecule has 286 valence electrons. The first-order valence-corrected chi connectivity index (χ1v) is 19.2. The average Bonchev–Trinajstić information content (AvgIpc) is 3.69. The van der Waals surface area contributed by atoms with Crippen LogP contribution in [0.15, 0.2) is 12.5 Å². The molecular weight excluding hydrogens is 650 g/mol. The van der Waals surface area contributed by atoms with Gasteiger partial charge in [0, 0.05) is 50.6 Å². The number of rotatable bonds is 12. The topological polar surface area (TPSA) is 146 Å². The maximum Gasteiger partial charge on any atom is 0.323 e. The molecule has 51 heavy (non-hydrogen) atoms. The van der Waals surface area contributed by atoms with E-state index in [0.29, 0.717) is 37.6 Å². The first-order valence-electron chi connectivity index (χ1n) is 19.2. The summed E-state index contributed by atoms with van der Waals surface area (Å²) in [5.41, 5.74) is -0.431. The number of nitrogens with one attached hydrogen (secondary N) is 2. The predicted octanol–water partition coefficient (Wildman–Crippen LogP) is 6.34. The van der Waals surface area contributed by atoms with Gasteiger partial charge in [-0.15, -0.1) is 0 Å². The Morgan fingerprint density at radius 1 is 0.941 bits per heavy atom. The summed E-state index contributed by atoms with van der Waals surface area (Å²) in [6, 6.07) is -0.554. The minimum Gasteiger partial charge on any atom is -0.468 e. The van der Waals surface area contributed by atoms with Crippen molar-refractivity contribution in [2.75, 3.05) is 13.7 Å². The van der Waals surface area contributed by atoms with Gasteiger partial charge in [-0.25, -0.2) is 4.98 Å². The van der Waals surface area contributed by atoms with Gasteiger partial charge >= 0.3 is 23.9 Å². The van der Waals surface area contributed by atoms with Crippen molar-refractivity contribution in [3.05, 3.63) is 18.2 Å². The lowest BCUT2D eigenvalue weighted by Gasteiger charge is -2.70. The van der Waals surface area contributed by atoms with Crippen molar-refractivity contribution in [3.63, 3.8) is 0 Å². The van der Waals surface area contributed by atoms with E-state index in [-0.39, 0.29) is 69.6 Å². The fourth-order valence-corrected chi connectivity index (χ4v) is 12.5. The molecule has 4 aliphatic rings. The van der Waals surface area contributed by atoms with Crippen LogP contribution in [0.2, 0.25) is 0 Å². The fourth-order valence-electron chi connectivity index (χ4n) is 12.5. The van der Waals surface area contributed by atoms with Crippen molar-refractivity contribution < 1.29 is 38.1 Å². The van der Waals surface area contributed by atoms with Crippen molar-refractivity contribution in [1.29, 1.82) is 0 Å². The lowest BCUT2D eigenvalue weighted by Crippen LogP contribution is -2.67. The molecule has 2 N–H and O–H groups in total. The third-order valence-corrected chi connectivity index (χ3v) is 14.8. The van der Waals surface area contributed by atoms with Crippen molar-refractivity contribution in [1.82, 2.24) is 15.3 Å². The Bertz CT molecular complexity index is 1450. The molecule has 1 aromatic rings. The molecule has 4 saturated carbocycles. The number of carbonyl (C=O) groups excluding carboxylic acids is 4. The van der Waals surface area contributed by atoms with E-state index in [9.17, 15) is 19.2 Å². The van der Waals surface area contributed by atoms with Crippen LogP contribution >= 0.6 is 0 Å². The largest absolute Gasteiger partial charge is 0.468 e. The van der Waals surface area contributed by atoms with Crippen LogP contribution in [0.25, 0.3) is 0 Å². The van der Waals surface area contributed by atoms with Gasteiger partial charge in [0.25, 0.3) is 0 Å². The van der Waals surface area contributed by atoms with E-state index in [0.717, 1.165) is 50.6 Å². The van der Waals surface area contributed by atoms with E-state index >= 15 is 0 Å². The van der Waals surface area contributed by atoms with E-state index in [1.807, 2.05) is 0 Å². The zero-order chi connectivity index (χ0) is 37.6. The second-order valence-electron chi connectivity index (χ2n) is 17.8. The highest BCUT2D eigenvalue weighted by Crippen LogP contribution is 2.76. The van der Waals surface area contributed by atoms with Crippen molar-refractivity contribution in [2.24, 2.45) is 45.3 Å². The number of fused-ring (bicyclic) bond motifs is 5. The quantitative estimate of drug-likeness (QED) is 0.143. The lowest BCUT2D eigenvalue weighted by atomic mass is 9.35. The molecule has 0 amide bonds. The number of hydrogen-bond acceptors (Lipinski definition) is 10. The number of hydrogen-bond donors (Lipinski definition) is 2. The number of esters is 4. The summed E-state index contributed by atoms with van der Waals surface area (Å²) in [6.45, 7) is 19.0. The number of aromatic nitrogens is 2. The molecule has 11 nitrogen and oxygen atoms in total. The molecule has 5 unspecified atom stereocenters. The summed E-state index contributed by atoms with van der Waals surface area (Å²) < 4.78 is 23.7. The molecule has 0 bridgehead atoms. The Morgan fingerprint density at radius 2 is 1.63 bits per heavy atom. The fraction of sp³-hybridized carbons (Fsp3) is 0.825. The molecule has 11 heteroatoms. The Morgan fingerprint density at radius 3 is 2.24 bits per heavy atom. The van der Waals surface area contributed by atoms with Crippen molar-refractivity contribution >= 4 is 23.9 Å². The molecule has 0 aromatic carbocycles. The maximum atomic E-state index is 12.8. The maximum absolute atomic E-state index is 12.8. The van der Waals surface area contributed by atoms with E-state index in [1.54, 1.807) is 12.5 Å². The summed E-state index contributed by atoms with van der Waals surface area (Å²) in [6.07, 6.45) is 11.0. The zero-order valence-electron chi connectivity index (χ0n) is 32.7. The molecule has 0 saturated heterocycles. The SMILES string of the molecule is COC(=O)[C@H](Cc1c[nH]cn1)NCCCC(C)(OC(C)=O)C1CC[C@]2(C)[C@@H]1C(OC(C)=O)CC1[C@@]3(C)CC[C@H](OC(C)=O)C(C)(C)C3CC[C@]12C. The molecule has 11 atom stereocenters. The summed E-state index contributed by atoms with van der Waals surface area (Å²) >= 11 is 0. The average molecular weight is 714 g/mol. The number of imidazole rings is 1. The van der Waals surface area contributed by atoms with Gasteiger partial charge in [0.2, 0.25) is 0 Å². The van der Waals surface area contributed by atoms with Crippen LogP contribution in [-0.4, -0.2) is 71.4 Å². The van der Waals surface area contributed by atoms with Crippen LogP contribution in [0, 0.1) is 45.3 Å². The Kier molecular flexibility index (Phi) is 11.1. The lowest BCUT2D eigenvalue weighted by molar-refractivity contribution is -0.253. The second kappa shape index (κ2) is 14.5. The Labute approximate surface area is 304 Å². The Hall–Kier alpha value is -2.95. The minimum absolute atomic E-state index is 0.00740. The van der Waals surface area contributed by atoms with Crippen molar-refractivity contribution in [2.45, 2.75) is 150 Å². The highest BCUT2D eigenvalue weighted by Gasteiger charge is 2.72. The van der Waals surface area contributed by atoms with Gasteiger partial charge in [-0.2, -0.15) is 0 Å². The monoisotopic (exact) mass is 713 g/mol. The number of nitrogens with zero attached hydrogens (tertiary/aromatic N) is 1. The van der Waals surface area contributed by atoms with E-state index in [1.165, 1.54) is 27.9 Å². The number of H-pyrrole nitrogens is 1. The van der Waals surface area contributed by atoms with Gasteiger partial charge in [0.1, 0.15) is 23.9 Å². The highest BCUT2D eigenvalue weighted by atomic mass is 16.6. The number of aromatic amines is 1. The first kappa shape index (κ1) is 39.3. The summed E-state index contributed by atoms with van der Waals surface area (Å²) in [5, 5.41) is 3.35. The molecular formula is C40H63N3O8. The van der Waals surface area contributed by atoms with Crippen LogP contribution in [0.4, 0.5) is 0 Å². The van der Waals surface area contributed by atoms with Crippen LogP contribution in [0.1, 0.15) is 126 Å². The van der Waals surface area contributed by atoms with Gasteiger partial charge in [-0.05, 0) is 99.3 Å². The summed E-state index contributed by atoms with van der Waals surface area (Å²) in [4.78, 5) is 57.5.